The molecule has 0 amide bonds. The number of alkyl halides is 3. The van der Waals surface area contributed by atoms with Gasteiger partial charge in [0.2, 0.25) is 0 Å². The van der Waals surface area contributed by atoms with Gasteiger partial charge in [-0.05, 0) is 24.1 Å². The lowest BCUT2D eigenvalue weighted by molar-refractivity contribution is -0.138. The maximum absolute atomic E-state index is 13.3. The highest BCUT2D eigenvalue weighted by molar-refractivity contribution is 5.33. The summed E-state index contributed by atoms with van der Waals surface area (Å²) in [6, 6.07) is 7.12. The van der Waals surface area contributed by atoms with Gasteiger partial charge in [0.05, 0.1) is 11.7 Å². The molecule has 2 aromatic rings. The van der Waals surface area contributed by atoms with Crippen LogP contribution in [0.2, 0.25) is 0 Å². The average Bonchev–Trinajstić information content (AvgIpc) is 3.10. The standard InChI is InChI=1S/C17H20F3N3O/c1-22-12(6-8-21-22)7-9-23-11-13(24)10-16(23)14-4-2-3-5-15(14)17(18,19)20/h2-6,8,13,16,24H,7,9-11H2,1H3/t13-,16+/m1/s1. The van der Waals surface area contributed by atoms with Crippen LogP contribution in [0.25, 0.3) is 0 Å². The number of halogens is 3. The molecule has 1 N–H and O–H groups in total. The smallest absolute Gasteiger partial charge is 0.392 e. The van der Waals surface area contributed by atoms with Crippen LogP contribution in [0.4, 0.5) is 13.2 Å². The first-order valence-corrected chi connectivity index (χ1v) is 7.91. The van der Waals surface area contributed by atoms with Crippen molar-refractivity contribution >= 4 is 0 Å². The molecule has 0 saturated carbocycles. The molecule has 0 bridgehead atoms. The molecule has 1 aliphatic heterocycles. The maximum atomic E-state index is 13.3. The number of likely N-dealkylation sites (tertiary alicyclic amines) is 1. The summed E-state index contributed by atoms with van der Waals surface area (Å²) >= 11 is 0. The third kappa shape index (κ3) is 3.47. The third-order valence-corrected chi connectivity index (χ3v) is 4.58. The van der Waals surface area contributed by atoms with Gasteiger partial charge in [-0.25, -0.2) is 0 Å². The second-order valence-electron chi connectivity index (χ2n) is 6.18. The molecule has 2 atom stereocenters. The van der Waals surface area contributed by atoms with Crippen LogP contribution in [0.15, 0.2) is 36.5 Å². The van der Waals surface area contributed by atoms with Gasteiger partial charge >= 0.3 is 6.18 Å². The molecule has 0 spiro atoms. The first kappa shape index (κ1) is 17.0. The van der Waals surface area contributed by atoms with Crippen LogP contribution in [-0.4, -0.2) is 39.0 Å². The van der Waals surface area contributed by atoms with Crippen LogP contribution in [0, 0.1) is 0 Å². The zero-order valence-corrected chi connectivity index (χ0v) is 13.4. The third-order valence-electron chi connectivity index (χ3n) is 4.58. The average molecular weight is 339 g/mol. The van der Waals surface area contributed by atoms with E-state index in [4.69, 9.17) is 0 Å². The lowest BCUT2D eigenvalue weighted by Crippen LogP contribution is -2.28. The Kier molecular flexibility index (Phi) is 4.64. The SMILES string of the molecule is Cn1nccc1CCN1C[C@H](O)C[C@H]1c1ccccc1C(F)(F)F. The number of aryl methyl sites for hydroxylation is 1. The first-order valence-electron chi connectivity index (χ1n) is 7.91. The van der Waals surface area contributed by atoms with Crippen LogP contribution in [-0.2, 0) is 19.6 Å². The van der Waals surface area contributed by atoms with E-state index in [-0.39, 0.29) is 5.56 Å². The lowest BCUT2D eigenvalue weighted by Gasteiger charge is -2.26. The number of aromatic nitrogens is 2. The number of hydrogen-bond acceptors (Lipinski definition) is 3. The van der Waals surface area contributed by atoms with Crippen LogP contribution in [0.1, 0.15) is 29.3 Å². The number of rotatable bonds is 4. The highest BCUT2D eigenvalue weighted by Gasteiger charge is 2.39. The fraction of sp³-hybridized carbons (Fsp3) is 0.471. The molecule has 4 nitrogen and oxygen atoms in total. The summed E-state index contributed by atoms with van der Waals surface area (Å²) in [5.74, 6) is 0. The minimum absolute atomic E-state index is 0.242. The molecular weight excluding hydrogens is 319 g/mol. The van der Waals surface area contributed by atoms with Crippen LogP contribution in [0.3, 0.4) is 0 Å². The van der Waals surface area contributed by atoms with Crippen molar-refractivity contribution in [2.24, 2.45) is 7.05 Å². The number of β-amino-alcohol motifs (C(OH)–C–C–N with tert-alkyl or cyclic N) is 1. The van der Waals surface area contributed by atoms with Gasteiger partial charge in [0.25, 0.3) is 0 Å². The number of aliphatic hydroxyl groups is 1. The lowest BCUT2D eigenvalue weighted by atomic mass is 9.97. The summed E-state index contributed by atoms with van der Waals surface area (Å²) in [5, 5.41) is 14.1. The van der Waals surface area contributed by atoms with Crippen molar-refractivity contribution in [1.29, 1.82) is 0 Å². The maximum Gasteiger partial charge on any atom is 0.416 e. The predicted molar refractivity (Wildman–Crippen MR) is 83.3 cm³/mol. The van der Waals surface area contributed by atoms with Gasteiger partial charge in [0.1, 0.15) is 0 Å². The van der Waals surface area contributed by atoms with Crippen molar-refractivity contribution in [3.05, 3.63) is 53.3 Å². The van der Waals surface area contributed by atoms with E-state index in [0.717, 1.165) is 11.8 Å². The van der Waals surface area contributed by atoms with Crippen molar-refractivity contribution in [2.75, 3.05) is 13.1 Å². The molecule has 0 aliphatic carbocycles. The van der Waals surface area contributed by atoms with E-state index in [0.29, 0.717) is 25.9 Å². The molecule has 1 aromatic carbocycles. The molecular formula is C17H20F3N3O. The Bertz CT molecular complexity index is 698. The number of hydrogen-bond donors (Lipinski definition) is 1. The zero-order chi connectivity index (χ0) is 17.3. The van der Waals surface area contributed by atoms with Gasteiger partial charge in [-0.1, -0.05) is 18.2 Å². The van der Waals surface area contributed by atoms with E-state index in [1.165, 1.54) is 12.1 Å². The highest BCUT2D eigenvalue weighted by atomic mass is 19.4. The molecule has 130 valence electrons. The van der Waals surface area contributed by atoms with E-state index < -0.39 is 23.9 Å². The van der Waals surface area contributed by atoms with Crippen molar-refractivity contribution in [2.45, 2.75) is 31.2 Å². The summed E-state index contributed by atoms with van der Waals surface area (Å²) in [6.07, 6.45) is -2.31. The summed E-state index contributed by atoms with van der Waals surface area (Å²) in [6.45, 7) is 0.960. The second kappa shape index (κ2) is 6.57. The van der Waals surface area contributed by atoms with Gasteiger partial charge in [0.15, 0.2) is 0 Å². The monoisotopic (exact) mass is 339 g/mol. The minimum Gasteiger partial charge on any atom is -0.392 e. The topological polar surface area (TPSA) is 41.3 Å². The highest BCUT2D eigenvalue weighted by Crippen LogP contribution is 2.40. The second-order valence-corrected chi connectivity index (χ2v) is 6.18. The van der Waals surface area contributed by atoms with Crippen molar-refractivity contribution in [3.63, 3.8) is 0 Å². The number of benzene rings is 1. The molecule has 7 heteroatoms. The van der Waals surface area contributed by atoms with E-state index in [2.05, 4.69) is 5.10 Å². The predicted octanol–water partition coefficient (Wildman–Crippen LogP) is 2.79. The molecule has 0 radical (unpaired) electrons. The number of nitrogens with zero attached hydrogens (tertiary/aromatic N) is 3. The van der Waals surface area contributed by atoms with E-state index >= 15 is 0 Å². The summed E-state index contributed by atoms with van der Waals surface area (Å²) in [5.41, 5.74) is 0.639. The van der Waals surface area contributed by atoms with Crippen LogP contribution < -0.4 is 0 Å². The summed E-state index contributed by atoms with van der Waals surface area (Å²) in [4.78, 5) is 1.93. The van der Waals surface area contributed by atoms with Gasteiger partial charge in [0, 0.05) is 44.5 Å². The van der Waals surface area contributed by atoms with Gasteiger partial charge in [-0.2, -0.15) is 18.3 Å². The van der Waals surface area contributed by atoms with Crippen LogP contribution in [0.5, 0.6) is 0 Å². The molecule has 24 heavy (non-hydrogen) atoms. The Hall–Kier alpha value is -1.86. The minimum atomic E-state index is -4.39. The van der Waals surface area contributed by atoms with E-state index in [1.807, 2.05) is 18.0 Å². The first-order chi connectivity index (χ1) is 11.4. The Morgan fingerprint density at radius 2 is 2.00 bits per heavy atom. The van der Waals surface area contributed by atoms with Crippen molar-refractivity contribution in [3.8, 4) is 0 Å². The largest absolute Gasteiger partial charge is 0.416 e. The van der Waals surface area contributed by atoms with Crippen molar-refractivity contribution in [1.82, 2.24) is 14.7 Å². The van der Waals surface area contributed by atoms with Crippen molar-refractivity contribution < 1.29 is 18.3 Å². The fourth-order valence-corrected chi connectivity index (χ4v) is 3.40. The Morgan fingerprint density at radius 3 is 2.67 bits per heavy atom. The zero-order valence-electron chi connectivity index (χ0n) is 13.4. The molecule has 3 rings (SSSR count). The van der Waals surface area contributed by atoms with E-state index in [9.17, 15) is 18.3 Å². The molecule has 1 fully saturated rings. The molecule has 2 heterocycles. The molecule has 0 unspecified atom stereocenters. The van der Waals surface area contributed by atoms with E-state index in [1.54, 1.807) is 16.9 Å². The molecule has 1 saturated heterocycles. The Morgan fingerprint density at radius 1 is 1.25 bits per heavy atom. The number of aliphatic hydroxyl groups excluding tert-OH is 1. The molecule has 1 aromatic heterocycles. The van der Waals surface area contributed by atoms with Gasteiger partial charge in [-0.3, -0.25) is 9.58 Å². The Labute approximate surface area is 138 Å². The summed E-state index contributed by atoms with van der Waals surface area (Å²) in [7, 11) is 1.84. The molecule has 1 aliphatic rings. The van der Waals surface area contributed by atoms with Crippen LogP contribution >= 0.6 is 0 Å². The fourth-order valence-electron chi connectivity index (χ4n) is 3.40. The van der Waals surface area contributed by atoms with Gasteiger partial charge in [-0.15, -0.1) is 0 Å². The summed E-state index contributed by atoms with van der Waals surface area (Å²) < 4.78 is 41.6. The Balaban J connectivity index is 1.82. The van der Waals surface area contributed by atoms with Gasteiger partial charge < -0.3 is 5.11 Å². The quantitative estimate of drug-likeness (QED) is 0.931. The normalized spacial score (nSPS) is 22.2.